The van der Waals surface area contributed by atoms with Gasteiger partial charge in [-0.05, 0) is 25.5 Å². The van der Waals surface area contributed by atoms with Crippen LogP contribution in [0, 0.1) is 5.92 Å². The monoisotopic (exact) mass is 303 g/mol. The molecule has 0 aliphatic carbocycles. The Morgan fingerprint density at radius 3 is 2.68 bits per heavy atom. The average molecular weight is 303 g/mol. The molecule has 1 aromatic carbocycles. The van der Waals surface area contributed by atoms with Crippen molar-refractivity contribution in [2.45, 2.75) is 26.5 Å². The molecule has 1 aliphatic rings. The summed E-state index contributed by atoms with van der Waals surface area (Å²) in [7, 11) is 0. The highest BCUT2D eigenvalue weighted by Gasteiger charge is 2.34. The van der Waals surface area contributed by atoms with Gasteiger partial charge in [0, 0.05) is 18.8 Å². The first kappa shape index (κ1) is 16.2. The number of ether oxygens (including phenoxy) is 2. The minimum absolute atomic E-state index is 0.0203. The summed E-state index contributed by atoms with van der Waals surface area (Å²) >= 11 is 0. The van der Waals surface area contributed by atoms with Gasteiger partial charge in [-0.2, -0.15) is 0 Å². The molecule has 5 heteroatoms. The zero-order valence-corrected chi connectivity index (χ0v) is 12.9. The molecule has 0 fully saturated rings. The van der Waals surface area contributed by atoms with Crippen LogP contribution in [0.1, 0.15) is 19.4 Å². The minimum atomic E-state index is -0.457. The predicted octanol–water partition coefficient (Wildman–Crippen LogP) is 2.76. The van der Waals surface area contributed by atoms with E-state index in [4.69, 9.17) is 9.47 Å². The number of hydrogen-bond donors (Lipinski definition) is 0. The fraction of sp³-hybridized carbons (Fsp3) is 0.412. The third kappa shape index (κ3) is 3.95. The molecule has 0 saturated carbocycles. The van der Waals surface area contributed by atoms with E-state index in [-0.39, 0.29) is 24.3 Å². The number of carbonyl (C=O) groups excluding carboxylic acids is 2. The second-order valence-corrected chi connectivity index (χ2v) is 5.17. The van der Waals surface area contributed by atoms with Gasteiger partial charge in [0.1, 0.15) is 6.61 Å². The fourth-order valence-corrected chi connectivity index (χ4v) is 2.33. The number of rotatable bonds is 5. The van der Waals surface area contributed by atoms with Crippen LogP contribution in [0.4, 0.5) is 4.79 Å². The molecule has 5 nitrogen and oxygen atoms in total. The normalized spacial score (nSPS) is 21.0. The molecule has 1 amide bonds. The molecule has 22 heavy (non-hydrogen) atoms. The van der Waals surface area contributed by atoms with Crippen molar-refractivity contribution in [2.75, 3.05) is 13.2 Å². The number of ketones is 1. The van der Waals surface area contributed by atoms with Crippen molar-refractivity contribution >= 4 is 11.9 Å². The lowest BCUT2D eigenvalue weighted by Gasteiger charge is -2.33. The third-order valence-corrected chi connectivity index (χ3v) is 3.70. The summed E-state index contributed by atoms with van der Waals surface area (Å²) in [6.45, 7) is 4.76. The Morgan fingerprint density at radius 1 is 1.27 bits per heavy atom. The Morgan fingerprint density at radius 2 is 2.00 bits per heavy atom. The van der Waals surface area contributed by atoms with Crippen LogP contribution in [0.5, 0.6) is 0 Å². The molecule has 1 heterocycles. The van der Waals surface area contributed by atoms with E-state index in [2.05, 4.69) is 0 Å². The second kappa shape index (κ2) is 7.75. The molecule has 118 valence electrons. The maximum absolute atomic E-state index is 12.2. The van der Waals surface area contributed by atoms with Gasteiger partial charge >= 0.3 is 6.09 Å². The first-order chi connectivity index (χ1) is 10.6. The highest BCUT2D eigenvalue weighted by atomic mass is 16.6. The Kier molecular flexibility index (Phi) is 5.72. The molecule has 1 aromatic rings. The van der Waals surface area contributed by atoms with E-state index in [0.717, 1.165) is 5.56 Å². The van der Waals surface area contributed by atoms with Crippen molar-refractivity contribution in [1.29, 1.82) is 0 Å². The number of carbonyl (C=O) groups is 2. The lowest BCUT2D eigenvalue weighted by molar-refractivity contribution is -0.122. The van der Waals surface area contributed by atoms with E-state index >= 15 is 0 Å². The van der Waals surface area contributed by atoms with Gasteiger partial charge in [0.2, 0.25) is 0 Å². The van der Waals surface area contributed by atoms with Crippen molar-refractivity contribution < 1.29 is 19.1 Å². The van der Waals surface area contributed by atoms with Gasteiger partial charge in [-0.15, -0.1) is 0 Å². The fourth-order valence-electron chi connectivity index (χ4n) is 2.33. The highest BCUT2D eigenvalue weighted by Crippen LogP contribution is 2.20. The van der Waals surface area contributed by atoms with E-state index in [1.54, 1.807) is 0 Å². The summed E-state index contributed by atoms with van der Waals surface area (Å²) in [4.78, 5) is 25.6. The lowest BCUT2D eigenvalue weighted by atomic mass is 9.93. The number of amides is 1. The summed E-state index contributed by atoms with van der Waals surface area (Å²) in [5.74, 6) is -0.373. The molecule has 1 aliphatic heterocycles. The Bertz CT molecular complexity index is 541. The van der Waals surface area contributed by atoms with E-state index in [9.17, 15) is 9.59 Å². The van der Waals surface area contributed by atoms with Gasteiger partial charge in [-0.1, -0.05) is 30.3 Å². The number of nitrogens with zero attached hydrogens (tertiary/aromatic N) is 1. The topological polar surface area (TPSA) is 55.8 Å². The molecule has 2 atom stereocenters. The van der Waals surface area contributed by atoms with Crippen LogP contribution in [-0.4, -0.2) is 36.0 Å². The van der Waals surface area contributed by atoms with Crippen LogP contribution in [-0.2, 0) is 20.9 Å². The molecule has 0 spiro atoms. The van der Waals surface area contributed by atoms with Gasteiger partial charge in [0.15, 0.2) is 5.78 Å². The first-order valence-electron chi connectivity index (χ1n) is 7.42. The number of hydrogen-bond acceptors (Lipinski definition) is 4. The van der Waals surface area contributed by atoms with Gasteiger partial charge < -0.3 is 9.47 Å². The molecular formula is C17H21NO4. The van der Waals surface area contributed by atoms with E-state index in [0.29, 0.717) is 13.2 Å². The third-order valence-electron chi connectivity index (χ3n) is 3.70. The van der Waals surface area contributed by atoms with Crippen molar-refractivity contribution in [3.8, 4) is 0 Å². The summed E-state index contributed by atoms with van der Waals surface area (Å²) < 4.78 is 10.6. The maximum Gasteiger partial charge on any atom is 0.414 e. The summed E-state index contributed by atoms with van der Waals surface area (Å²) in [5.41, 5.74) is 0.923. The van der Waals surface area contributed by atoms with Crippen molar-refractivity contribution in [2.24, 2.45) is 5.92 Å². The second-order valence-electron chi connectivity index (χ2n) is 5.17. The van der Waals surface area contributed by atoms with Gasteiger partial charge in [-0.25, -0.2) is 4.79 Å². The Labute approximate surface area is 130 Å². The van der Waals surface area contributed by atoms with Crippen LogP contribution in [0.3, 0.4) is 0 Å². The summed E-state index contributed by atoms with van der Waals surface area (Å²) in [5, 5.41) is 0. The van der Waals surface area contributed by atoms with Gasteiger partial charge in [-0.3, -0.25) is 9.69 Å². The van der Waals surface area contributed by atoms with Crippen LogP contribution < -0.4 is 0 Å². The standard InChI is InChI=1S/C17H21NO4/c1-3-21-12-15-13(2)18(10-9-16(15)19)17(20)22-11-14-7-5-4-6-8-14/h4-10,13,15H,3,11-12H2,1-2H3. The minimum Gasteiger partial charge on any atom is -0.444 e. The van der Waals surface area contributed by atoms with Crippen LogP contribution in [0.2, 0.25) is 0 Å². The van der Waals surface area contributed by atoms with Crippen molar-refractivity contribution in [3.63, 3.8) is 0 Å². The van der Waals surface area contributed by atoms with Gasteiger partial charge in [0.05, 0.1) is 12.5 Å². The molecule has 0 radical (unpaired) electrons. The van der Waals surface area contributed by atoms with E-state index in [1.807, 2.05) is 44.2 Å². The maximum atomic E-state index is 12.2. The molecule has 0 saturated heterocycles. The summed E-state index contributed by atoms with van der Waals surface area (Å²) in [6.07, 6.45) is 2.44. The van der Waals surface area contributed by atoms with Crippen molar-refractivity contribution in [1.82, 2.24) is 4.90 Å². The molecule has 0 bridgehead atoms. The zero-order valence-electron chi connectivity index (χ0n) is 12.9. The first-order valence-corrected chi connectivity index (χ1v) is 7.42. The molecular weight excluding hydrogens is 282 g/mol. The number of benzene rings is 1. The molecule has 0 N–H and O–H groups in total. The van der Waals surface area contributed by atoms with E-state index in [1.165, 1.54) is 17.2 Å². The number of allylic oxidation sites excluding steroid dienone is 1. The SMILES string of the molecule is CCOCC1C(=O)C=CN(C(=O)OCc2ccccc2)C1C. The summed E-state index contributed by atoms with van der Waals surface area (Å²) in [6, 6.07) is 9.19. The quantitative estimate of drug-likeness (QED) is 0.839. The molecule has 2 unspecified atom stereocenters. The van der Waals surface area contributed by atoms with E-state index < -0.39 is 6.09 Å². The van der Waals surface area contributed by atoms with Crippen LogP contribution in [0.15, 0.2) is 42.6 Å². The lowest BCUT2D eigenvalue weighted by Crippen LogP contribution is -2.46. The largest absolute Gasteiger partial charge is 0.444 e. The smallest absolute Gasteiger partial charge is 0.414 e. The molecule has 2 rings (SSSR count). The Balaban J connectivity index is 1.96. The van der Waals surface area contributed by atoms with Crippen LogP contribution in [0.25, 0.3) is 0 Å². The predicted molar refractivity (Wildman–Crippen MR) is 82.1 cm³/mol. The highest BCUT2D eigenvalue weighted by molar-refractivity contribution is 5.94. The average Bonchev–Trinajstić information content (AvgIpc) is 2.53. The molecule has 0 aromatic heterocycles. The van der Waals surface area contributed by atoms with Crippen molar-refractivity contribution in [3.05, 3.63) is 48.2 Å². The zero-order chi connectivity index (χ0) is 15.9. The Hall–Kier alpha value is -2.14. The van der Waals surface area contributed by atoms with Gasteiger partial charge in [0.25, 0.3) is 0 Å². The van der Waals surface area contributed by atoms with Crippen LogP contribution >= 0.6 is 0 Å².